The van der Waals surface area contributed by atoms with Crippen molar-refractivity contribution >= 4 is 23.3 Å². The van der Waals surface area contributed by atoms with Gasteiger partial charge in [-0.15, -0.1) is 6.58 Å². The van der Waals surface area contributed by atoms with Crippen LogP contribution in [0.4, 0.5) is 16.2 Å². The maximum atomic E-state index is 12.6. The zero-order valence-electron chi connectivity index (χ0n) is 15.9. The second kappa shape index (κ2) is 10.2. The number of hydrogen-bond donors (Lipinski definition) is 2. The molecule has 5 heteroatoms. The van der Waals surface area contributed by atoms with Crippen molar-refractivity contribution in [1.29, 1.82) is 0 Å². The molecule has 0 spiro atoms. The highest BCUT2D eigenvalue weighted by molar-refractivity contribution is 5.92. The topological polar surface area (TPSA) is 61.4 Å². The Morgan fingerprint density at radius 2 is 1.59 bits per heavy atom. The standard InChI is InChI=1S/C22H27N3O2/c1-4-14-25(16-18-8-6-5-7-9-18)22(27)24-20-12-10-19(11-13-20)23-21(26)15-17(2)3/h4-13,17H,1,14-16H2,2-3H3,(H,23,26)(H,24,27). The van der Waals surface area contributed by atoms with Crippen molar-refractivity contribution in [3.05, 3.63) is 72.8 Å². The van der Waals surface area contributed by atoms with Gasteiger partial charge in [0.1, 0.15) is 0 Å². The number of amides is 3. The molecular formula is C22H27N3O2. The summed E-state index contributed by atoms with van der Waals surface area (Å²) >= 11 is 0. The molecule has 2 aromatic carbocycles. The highest BCUT2D eigenvalue weighted by atomic mass is 16.2. The third-order valence-corrected chi connectivity index (χ3v) is 3.87. The van der Waals surface area contributed by atoms with Gasteiger partial charge in [-0.1, -0.05) is 50.3 Å². The number of hydrogen-bond acceptors (Lipinski definition) is 2. The second-order valence-electron chi connectivity index (χ2n) is 6.81. The molecule has 0 aromatic heterocycles. The number of nitrogens with zero attached hydrogens (tertiary/aromatic N) is 1. The maximum Gasteiger partial charge on any atom is 0.322 e. The Labute approximate surface area is 161 Å². The van der Waals surface area contributed by atoms with Gasteiger partial charge in [-0.05, 0) is 35.7 Å². The van der Waals surface area contributed by atoms with Gasteiger partial charge in [0.25, 0.3) is 0 Å². The summed E-state index contributed by atoms with van der Waals surface area (Å²) in [5, 5.41) is 5.74. The fraction of sp³-hybridized carbons (Fsp3) is 0.273. The molecular weight excluding hydrogens is 338 g/mol. The number of carbonyl (C=O) groups excluding carboxylic acids is 2. The summed E-state index contributed by atoms with van der Waals surface area (Å²) in [4.78, 5) is 26.1. The Kier molecular flexibility index (Phi) is 7.62. The van der Waals surface area contributed by atoms with Crippen molar-refractivity contribution in [3.8, 4) is 0 Å². The molecule has 0 heterocycles. The molecule has 0 atom stereocenters. The molecule has 0 saturated carbocycles. The lowest BCUT2D eigenvalue weighted by atomic mass is 10.1. The second-order valence-corrected chi connectivity index (χ2v) is 6.81. The quantitative estimate of drug-likeness (QED) is 0.654. The average molecular weight is 365 g/mol. The Morgan fingerprint density at radius 1 is 1.00 bits per heavy atom. The van der Waals surface area contributed by atoms with Gasteiger partial charge in [0.05, 0.1) is 0 Å². The number of rotatable bonds is 8. The van der Waals surface area contributed by atoms with E-state index in [-0.39, 0.29) is 11.9 Å². The molecule has 2 rings (SSSR count). The molecule has 2 N–H and O–H groups in total. The third-order valence-electron chi connectivity index (χ3n) is 3.87. The van der Waals surface area contributed by atoms with Crippen LogP contribution in [-0.4, -0.2) is 23.4 Å². The van der Waals surface area contributed by atoms with Crippen LogP contribution in [0.15, 0.2) is 67.3 Å². The monoisotopic (exact) mass is 365 g/mol. The predicted molar refractivity (Wildman–Crippen MR) is 111 cm³/mol. The SMILES string of the molecule is C=CCN(Cc1ccccc1)C(=O)Nc1ccc(NC(=O)CC(C)C)cc1. The minimum atomic E-state index is -0.199. The normalized spacial score (nSPS) is 10.3. The minimum absolute atomic E-state index is 0.0122. The van der Waals surface area contributed by atoms with Crippen LogP contribution in [0.3, 0.4) is 0 Å². The number of carbonyl (C=O) groups is 2. The molecule has 27 heavy (non-hydrogen) atoms. The van der Waals surface area contributed by atoms with E-state index < -0.39 is 0 Å². The van der Waals surface area contributed by atoms with Gasteiger partial charge in [0.2, 0.25) is 5.91 Å². The fourth-order valence-electron chi connectivity index (χ4n) is 2.60. The average Bonchev–Trinajstić information content (AvgIpc) is 2.63. The van der Waals surface area contributed by atoms with E-state index in [0.717, 1.165) is 5.56 Å². The number of anilines is 2. The van der Waals surface area contributed by atoms with Crippen LogP contribution in [0.1, 0.15) is 25.8 Å². The molecule has 142 valence electrons. The summed E-state index contributed by atoms with van der Waals surface area (Å²) in [5.41, 5.74) is 2.44. The molecule has 0 fully saturated rings. The first-order valence-electron chi connectivity index (χ1n) is 9.08. The van der Waals surface area contributed by atoms with Crippen LogP contribution in [0.25, 0.3) is 0 Å². The van der Waals surface area contributed by atoms with Crippen LogP contribution in [0.2, 0.25) is 0 Å². The number of nitrogens with one attached hydrogen (secondary N) is 2. The van der Waals surface area contributed by atoms with Gasteiger partial charge < -0.3 is 15.5 Å². The summed E-state index contributed by atoms with van der Waals surface area (Å²) in [5.74, 6) is 0.297. The van der Waals surface area contributed by atoms with Crippen LogP contribution >= 0.6 is 0 Å². The first-order chi connectivity index (χ1) is 13.0. The minimum Gasteiger partial charge on any atom is -0.326 e. The van der Waals surface area contributed by atoms with Crippen molar-refractivity contribution in [2.75, 3.05) is 17.2 Å². The Balaban J connectivity index is 1.96. The Bertz CT molecular complexity index is 755. The molecule has 0 unspecified atom stereocenters. The van der Waals surface area contributed by atoms with Crippen molar-refractivity contribution in [2.45, 2.75) is 26.8 Å². The molecule has 3 amide bonds. The fourth-order valence-corrected chi connectivity index (χ4v) is 2.60. The van der Waals surface area contributed by atoms with E-state index in [1.807, 2.05) is 44.2 Å². The van der Waals surface area contributed by atoms with Crippen LogP contribution in [0.5, 0.6) is 0 Å². The highest BCUT2D eigenvalue weighted by Gasteiger charge is 2.13. The molecule has 0 bridgehead atoms. The van der Waals surface area contributed by atoms with Crippen molar-refractivity contribution in [1.82, 2.24) is 4.90 Å². The van der Waals surface area contributed by atoms with Gasteiger partial charge in [-0.3, -0.25) is 4.79 Å². The van der Waals surface area contributed by atoms with Gasteiger partial charge in [-0.25, -0.2) is 4.79 Å². The summed E-state index contributed by atoms with van der Waals surface area (Å²) < 4.78 is 0. The van der Waals surface area contributed by atoms with Crippen LogP contribution < -0.4 is 10.6 Å². The zero-order chi connectivity index (χ0) is 19.6. The van der Waals surface area contributed by atoms with Crippen molar-refractivity contribution < 1.29 is 9.59 Å². The summed E-state index contributed by atoms with van der Waals surface area (Å²) in [6.07, 6.45) is 2.18. The number of urea groups is 1. The predicted octanol–water partition coefficient (Wildman–Crippen LogP) is 4.89. The van der Waals surface area contributed by atoms with E-state index in [1.165, 1.54) is 0 Å². The van der Waals surface area contributed by atoms with Crippen LogP contribution in [-0.2, 0) is 11.3 Å². The van der Waals surface area contributed by atoms with Gasteiger partial charge >= 0.3 is 6.03 Å². The first kappa shape index (κ1) is 20.2. The lowest BCUT2D eigenvalue weighted by molar-refractivity contribution is -0.116. The van der Waals surface area contributed by atoms with Gasteiger partial charge in [0, 0.05) is 30.9 Å². The summed E-state index contributed by atoms with van der Waals surface area (Å²) in [6, 6.07) is 16.7. The van der Waals surface area contributed by atoms with Gasteiger partial charge in [0.15, 0.2) is 0 Å². The molecule has 0 saturated heterocycles. The van der Waals surface area contributed by atoms with E-state index in [1.54, 1.807) is 35.2 Å². The van der Waals surface area contributed by atoms with E-state index in [2.05, 4.69) is 17.2 Å². The van der Waals surface area contributed by atoms with E-state index >= 15 is 0 Å². The Hall–Kier alpha value is -3.08. The molecule has 0 aliphatic rings. The highest BCUT2D eigenvalue weighted by Crippen LogP contribution is 2.16. The molecule has 0 aliphatic heterocycles. The molecule has 5 nitrogen and oxygen atoms in total. The van der Waals surface area contributed by atoms with Crippen molar-refractivity contribution in [2.24, 2.45) is 5.92 Å². The van der Waals surface area contributed by atoms with Crippen LogP contribution in [0, 0.1) is 5.92 Å². The summed E-state index contributed by atoms with van der Waals surface area (Å²) in [7, 11) is 0. The van der Waals surface area contributed by atoms with E-state index in [0.29, 0.717) is 36.8 Å². The molecule has 0 aliphatic carbocycles. The largest absolute Gasteiger partial charge is 0.326 e. The van der Waals surface area contributed by atoms with E-state index in [9.17, 15) is 9.59 Å². The maximum absolute atomic E-state index is 12.6. The Morgan fingerprint density at radius 3 is 2.15 bits per heavy atom. The first-order valence-corrected chi connectivity index (χ1v) is 9.08. The number of benzene rings is 2. The van der Waals surface area contributed by atoms with Gasteiger partial charge in [-0.2, -0.15) is 0 Å². The lowest BCUT2D eigenvalue weighted by Crippen LogP contribution is -2.34. The molecule has 0 radical (unpaired) electrons. The third kappa shape index (κ3) is 6.98. The zero-order valence-corrected chi connectivity index (χ0v) is 15.9. The van der Waals surface area contributed by atoms with Crippen molar-refractivity contribution in [3.63, 3.8) is 0 Å². The smallest absolute Gasteiger partial charge is 0.322 e. The summed E-state index contributed by atoms with van der Waals surface area (Å²) in [6.45, 7) is 8.68. The lowest BCUT2D eigenvalue weighted by Gasteiger charge is -2.22. The molecule has 2 aromatic rings. The van der Waals surface area contributed by atoms with E-state index in [4.69, 9.17) is 0 Å².